The smallest absolute Gasteiger partial charge is 0.261 e. The molecule has 4 nitrogen and oxygen atoms in total. The Morgan fingerprint density at radius 3 is 2.62 bits per heavy atom. The molecule has 1 aromatic rings. The van der Waals surface area contributed by atoms with Crippen LogP contribution in [-0.4, -0.2) is 20.4 Å². The van der Waals surface area contributed by atoms with Crippen molar-refractivity contribution < 1.29 is 17.6 Å². The second kappa shape index (κ2) is 5.93. The van der Waals surface area contributed by atoms with Gasteiger partial charge in [0, 0.05) is 16.7 Å². The Hall–Kier alpha value is -1.14. The molecule has 7 heteroatoms. The third kappa shape index (κ3) is 4.17. The number of carbonyl (C=O) groups is 1. The van der Waals surface area contributed by atoms with E-state index in [1.165, 1.54) is 6.92 Å². The zero-order chi connectivity index (χ0) is 15.8. The molecule has 0 aromatic heterocycles. The molecule has 0 aliphatic heterocycles. The molecule has 0 radical (unpaired) electrons. The van der Waals surface area contributed by atoms with Gasteiger partial charge in [0.25, 0.3) is 15.0 Å². The highest BCUT2D eigenvalue weighted by Crippen LogP contribution is 2.33. The molecule has 1 unspecified atom stereocenters. The van der Waals surface area contributed by atoms with Gasteiger partial charge in [0.1, 0.15) is 5.82 Å². The van der Waals surface area contributed by atoms with Crippen molar-refractivity contribution in [3.05, 3.63) is 29.1 Å². The molecule has 1 saturated carbocycles. The third-order valence-corrected chi connectivity index (χ3v) is 4.85. The number of carbonyl (C=O) groups excluding carboxylic acids is 1. The van der Waals surface area contributed by atoms with Gasteiger partial charge in [-0.3, -0.25) is 4.79 Å². The van der Waals surface area contributed by atoms with Gasteiger partial charge in [0.05, 0.1) is 10.5 Å². The molecule has 1 aliphatic rings. The molecule has 2 rings (SSSR count). The van der Waals surface area contributed by atoms with E-state index < -0.39 is 20.8 Å². The average Bonchev–Trinajstić information content (AvgIpc) is 3.14. The Balaban J connectivity index is 2.24. The number of aryl methyl sites for hydroxylation is 1. The summed E-state index contributed by atoms with van der Waals surface area (Å²) < 4.78 is 36.8. The van der Waals surface area contributed by atoms with E-state index in [4.69, 9.17) is 10.7 Å². The first-order valence-electron chi connectivity index (χ1n) is 6.74. The average molecular weight is 334 g/mol. The number of rotatable bonds is 5. The lowest BCUT2D eigenvalue weighted by atomic mass is 10.1. The van der Waals surface area contributed by atoms with E-state index in [0.29, 0.717) is 5.92 Å². The minimum Gasteiger partial charge on any atom is -0.349 e. The largest absolute Gasteiger partial charge is 0.349 e. The van der Waals surface area contributed by atoms with Crippen LogP contribution in [0.5, 0.6) is 0 Å². The molecule has 0 heterocycles. The molecular formula is C14H17ClFNO3S. The van der Waals surface area contributed by atoms with Crippen molar-refractivity contribution in [2.24, 2.45) is 5.92 Å². The summed E-state index contributed by atoms with van der Waals surface area (Å²) in [5, 5.41) is 2.70. The van der Waals surface area contributed by atoms with Crippen molar-refractivity contribution in [1.29, 1.82) is 0 Å². The normalized spacial score (nSPS) is 16.6. The maximum Gasteiger partial charge on any atom is 0.261 e. The van der Waals surface area contributed by atoms with E-state index in [1.54, 1.807) is 0 Å². The van der Waals surface area contributed by atoms with Gasteiger partial charge < -0.3 is 5.32 Å². The molecule has 1 aliphatic carbocycles. The summed E-state index contributed by atoms with van der Waals surface area (Å²) in [4.78, 5) is 11.8. The molecule has 1 aromatic carbocycles. The van der Waals surface area contributed by atoms with E-state index >= 15 is 0 Å². The highest BCUT2D eigenvalue weighted by Gasteiger charge is 2.26. The Kier molecular flexibility index (Phi) is 4.58. The summed E-state index contributed by atoms with van der Waals surface area (Å²) in [5.41, 5.74) is -0.228. The predicted molar refractivity (Wildman–Crippen MR) is 78.4 cm³/mol. The van der Waals surface area contributed by atoms with Crippen molar-refractivity contribution in [2.75, 3.05) is 0 Å². The molecule has 1 N–H and O–H groups in total. The molecule has 21 heavy (non-hydrogen) atoms. The standard InChI is InChI=1S/C14H17ClFNO3S/c1-8-5-11(21(15,19)20)7-12(13(8)16)14(18)17-9(2)6-10-3-4-10/h5,7,9-10H,3-4,6H2,1-2H3,(H,17,18). The minimum atomic E-state index is -4.01. The van der Waals surface area contributed by atoms with Crippen LogP contribution in [0.4, 0.5) is 4.39 Å². The van der Waals surface area contributed by atoms with Crippen LogP contribution in [0, 0.1) is 18.7 Å². The third-order valence-electron chi connectivity index (χ3n) is 3.52. The Bertz CT molecular complexity index is 671. The Labute approximate surface area is 128 Å². The predicted octanol–water partition coefficient (Wildman–Crippen LogP) is 2.98. The summed E-state index contributed by atoms with van der Waals surface area (Å²) in [6, 6.07) is 2.01. The molecule has 116 valence electrons. The topological polar surface area (TPSA) is 63.2 Å². The quantitative estimate of drug-likeness (QED) is 0.842. The highest BCUT2D eigenvalue weighted by molar-refractivity contribution is 8.13. The molecule has 1 fully saturated rings. The van der Waals surface area contributed by atoms with Crippen LogP contribution in [0.2, 0.25) is 0 Å². The summed E-state index contributed by atoms with van der Waals surface area (Å²) in [6.45, 7) is 3.24. The van der Waals surface area contributed by atoms with Crippen LogP contribution < -0.4 is 5.32 Å². The van der Waals surface area contributed by atoms with Crippen molar-refractivity contribution in [3.63, 3.8) is 0 Å². The second-order valence-corrected chi connectivity index (χ2v) is 8.16. The van der Waals surface area contributed by atoms with Crippen LogP contribution in [0.25, 0.3) is 0 Å². The number of amides is 1. The maximum absolute atomic E-state index is 14.0. The van der Waals surface area contributed by atoms with E-state index in [0.717, 1.165) is 31.4 Å². The molecular weight excluding hydrogens is 317 g/mol. The first-order valence-corrected chi connectivity index (χ1v) is 9.05. The van der Waals surface area contributed by atoms with Gasteiger partial charge in [-0.25, -0.2) is 12.8 Å². The Morgan fingerprint density at radius 2 is 2.10 bits per heavy atom. The Morgan fingerprint density at radius 1 is 1.48 bits per heavy atom. The number of hydrogen-bond acceptors (Lipinski definition) is 3. The van der Waals surface area contributed by atoms with Gasteiger partial charge in [-0.05, 0) is 43.9 Å². The number of hydrogen-bond donors (Lipinski definition) is 1. The van der Waals surface area contributed by atoms with Crippen LogP contribution >= 0.6 is 10.7 Å². The number of benzene rings is 1. The van der Waals surface area contributed by atoms with Crippen LogP contribution in [0.15, 0.2) is 17.0 Å². The first kappa shape index (κ1) is 16.2. The van der Waals surface area contributed by atoms with Crippen molar-refractivity contribution in [1.82, 2.24) is 5.32 Å². The highest BCUT2D eigenvalue weighted by atomic mass is 35.7. The zero-order valence-corrected chi connectivity index (χ0v) is 13.4. The summed E-state index contributed by atoms with van der Waals surface area (Å²) in [6.07, 6.45) is 3.17. The molecule has 0 bridgehead atoms. The van der Waals surface area contributed by atoms with Crippen molar-refractivity contribution in [2.45, 2.75) is 44.0 Å². The zero-order valence-electron chi connectivity index (χ0n) is 11.8. The van der Waals surface area contributed by atoms with Crippen LogP contribution in [0.3, 0.4) is 0 Å². The van der Waals surface area contributed by atoms with Crippen LogP contribution in [-0.2, 0) is 9.05 Å². The van der Waals surface area contributed by atoms with E-state index in [-0.39, 0.29) is 22.1 Å². The minimum absolute atomic E-state index is 0.0664. The SMILES string of the molecule is Cc1cc(S(=O)(=O)Cl)cc(C(=O)NC(C)CC2CC2)c1F. The van der Waals surface area contributed by atoms with Gasteiger partial charge in [-0.1, -0.05) is 12.8 Å². The van der Waals surface area contributed by atoms with Crippen LogP contribution in [0.1, 0.15) is 42.1 Å². The van der Waals surface area contributed by atoms with Gasteiger partial charge in [0.2, 0.25) is 0 Å². The van der Waals surface area contributed by atoms with E-state index in [1.807, 2.05) is 6.92 Å². The fourth-order valence-electron chi connectivity index (χ4n) is 2.26. The fourth-order valence-corrected chi connectivity index (χ4v) is 3.10. The molecule has 0 saturated heterocycles. The lowest BCUT2D eigenvalue weighted by molar-refractivity contribution is 0.0933. The van der Waals surface area contributed by atoms with E-state index in [2.05, 4.69) is 5.32 Å². The molecule has 0 spiro atoms. The second-order valence-electron chi connectivity index (χ2n) is 5.59. The summed E-state index contributed by atoms with van der Waals surface area (Å²) in [7, 11) is 1.25. The van der Waals surface area contributed by atoms with Crippen molar-refractivity contribution in [3.8, 4) is 0 Å². The monoisotopic (exact) mass is 333 g/mol. The van der Waals surface area contributed by atoms with Gasteiger partial charge in [0.15, 0.2) is 0 Å². The number of nitrogens with one attached hydrogen (secondary N) is 1. The van der Waals surface area contributed by atoms with E-state index in [9.17, 15) is 17.6 Å². The fraction of sp³-hybridized carbons (Fsp3) is 0.500. The summed E-state index contributed by atoms with van der Waals surface area (Å²) in [5.74, 6) is -0.720. The first-order chi connectivity index (χ1) is 9.68. The van der Waals surface area contributed by atoms with Crippen molar-refractivity contribution >= 4 is 25.6 Å². The molecule has 1 amide bonds. The van der Waals surface area contributed by atoms with Gasteiger partial charge in [-0.2, -0.15) is 0 Å². The van der Waals surface area contributed by atoms with Gasteiger partial charge >= 0.3 is 0 Å². The maximum atomic E-state index is 14.0. The summed E-state index contributed by atoms with van der Waals surface area (Å²) >= 11 is 0. The molecule has 1 atom stereocenters. The lowest BCUT2D eigenvalue weighted by Gasteiger charge is -2.14. The number of halogens is 2. The van der Waals surface area contributed by atoms with Gasteiger partial charge in [-0.15, -0.1) is 0 Å². The lowest BCUT2D eigenvalue weighted by Crippen LogP contribution is -2.33.